The van der Waals surface area contributed by atoms with Crippen LogP contribution in [0.1, 0.15) is 18.4 Å². The van der Waals surface area contributed by atoms with Crippen LogP contribution in [-0.4, -0.2) is 39.6 Å². The molecule has 7 nitrogen and oxygen atoms in total. The van der Waals surface area contributed by atoms with Crippen molar-refractivity contribution in [2.75, 3.05) is 23.8 Å². The molecule has 3 heterocycles. The number of anilines is 3. The molecule has 0 spiro atoms. The van der Waals surface area contributed by atoms with Crippen LogP contribution in [0.3, 0.4) is 0 Å². The molecule has 3 aromatic heterocycles. The molecule has 0 unspecified atom stereocenters. The number of thiazole rings is 1. The molecular formula is C21H25Cl2N5O2S. The maximum Gasteiger partial charge on any atom is 0.327 e. The first-order valence-corrected chi connectivity index (χ1v) is 10.1. The second kappa shape index (κ2) is 12.9. The maximum atomic E-state index is 10.5. The lowest BCUT2D eigenvalue weighted by Gasteiger charge is -2.14. The lowest BCUT2D eigenvalue weighted by molar-refractivity contribution is -0.131. The molecular weight excluding hydrogens is 457 g/mol. The van der Waals surface area contributed by atoms with E-state index in [0.717, 1.165) is 52.3 Å². The van der Waals surface area contributed by atoms with Crippen molar-refractivity contribution in [3.63, 3.8) is 0 Å². The topological polar surface area (TPSA) is 91.2 Å². The Hall–Kier alpha value is -2.68. The van der Waals surface area contributed by atoms with Crippen molar-refractivity contribution in [2.24, 2.45) is 0 Å². The first kappa shape index (κ1) is 26.4. The van der Waals surface area contributed by atoms with E-state index >= 15 is 0 Å². The van der Waals surface area contributed by atoms with Crippen LogP contribution in [0.4, 0.5) is 16.8 Å². The Balaban J connectivity index is 0.00000240. The summed E-state index contributed by atoms with van der Waals surface area (Å²) in [6.45, 7) is 2.82. The van der Waals surface area contributed by atoms with Gasteiger partial charge in [-0.25, -0.2) is 19.7 Å². The van der Waals surface area contributed by atoms with Gasteiger partial charge in [0.15, 0.2) is 5.13 Å². The molecule has 0 atom stereocenters. The molecule has 0 saturated carbocycles. The largest absolute Gasteiger partial charge is 0.478 e. The molecule has 10 heteroatoms. The van der Waals surface area contributed by atoms with E-state index in [1.54, 1.807) is 23.6 Å². The lowest BCUT2D eigenvalue weighted by atomic mass is 10.3. The van der Waals surface area contributed by atoms with Crippen LogP contribution in [0.25, 0.3) is 10.6 Å². The van der Waals surface area contributed by atoms with Gasteiger partial charge in [-0.3, -0.25) is 0 Å². The van der Waals surface area contributed by atoms with E-state index in [9.17, 15) is 4.79 Å². The molecule has 0 fully saturated rings. The zero-order chi connectivity index (χ0) is 20.6. The van der Waals surface area contributed by atoms with Crippen molar-refractivity contribution in [3.8, 4) is 10.6 Å². The molecule has 0 saturated heterocycles. The lowest BCUT2D eigenvalue weighted by Crippen LogP contribution is -2.17. The standard InChI is InChI=1S/C21H23N5O2S.2ClH/c1-15-10-11-22-19(13-15)25-18-8-6-7-16(24-18)17-14-23-21(29-17)26(2)12-5-3-4-9-20(27)28;;/h4,6-11,13-14H,3,5,12H2,1-2H3,(H,27,28)(H,22,24,25);2*1H/b9-4+;;. The van der Waals surface area contributed by atoms with Gasteiger partial charge < -0.3 is 15.3 Å². The van der Waals surface area contributed by atoms with Gasteiger partial charge in [0.1, 0.15) is 11.6 Å². The fraction of sp³-hybridized carbons (Fsp3) is 0.238. The Morgan fingerprint density at radius 3 is 2.77 bits per heavy atom. The number of aromatic nitrogens is 3. The Morgan fingerprint density at radius 1 is 1.23 bits per heavy atom. The first-order valence-electron chi connectivity index (χ1n) is 9.25. The number of carboxylic acid groups (broad SMARTS) is 1. The highest BCUT2D eigenvalue weighted by Gasteiger charge is 2.10. The van der Waals surface area contributed by atoms with Gasteiger partial charge in [0, 0.05) is 32.1 Å². The summed E-state index contributed by atoms with van der Waals surface area (Å²) >= 11 is 1.58. The maximum absolute atomic E-state index is 10.5. The normalized spacial score (nSPS) is 10.3. The Bertz CT molecular complexity index is 1010. The van der Waals surface area contributed by atoms with Crippen LogP contribution in [0.5, 0.6) is 0 Å². The molecule has 0 radical (unpaired) electrons. The molecule has 166 valence electrons. The summed E-state index contributed by atoms with van der Waals surface area (Å²) in [6.07, 6.45) is 8.03. The summed E-state index contributed by atoms with van der Waals surface area (Å²) < 4.78 is 0. The second-order valence-corrected chi connectivity index (χ2v) is 7.57. The van der Waals surface area contributed by atoms with E-state index in [1.807, 2.05) is 50.5 Å². The fourth-order valence-electron chi connectivity index (χ4n) is 2.66. The van der Waals surface area contributed by atoms with E-state index in [2.05, 4.69) is 25.2 Å². The van der Waals surface area contributed by atoms with Gasteiger partial charge in [-0.1, -0.05) is 23.5 Å². The van der Waals surface area contributed by atoms with Gasteiger partial charge in [0.2, 0.25) is 0 Å². The Labute approximate surface area is 198 Å². The van der Waals surface area contributed by atoms with Gasteiger partial charge in [-0.05, 0) is 49.6 Å². The highest BCUT2D eigenvalue weighted by molar-refractivity contribution is 7.18. The minimum Gasteiger partial charge on any atom is -0.478 e. The van der Waals surface area contributed by atoms with Crippen LogP contribution in [-0.2, 0) is 4.79 Å². The van der Waals surface area contributed by atoms with E-state index in [-0.39, 0.29) is 24.8 Å². The molecule has 0 aliphatic carbocycles. The number of nitrogens with one attached hydrogen (secondary N) is 1. The van der Waals surface area contributed by atoms with Crippen molar-refractivity contribution < 1.29 is 9.90 Å². The smallest absolute Gasteiger partial charge is 0.327 e. The number of carbonyl (C=O) groups is 1. The molecule has 0 bridgehead atoms. The average molecular weight is 482 g/mol. The summed E-state index contributed by atoms with van der Waals surface area (Å²) in [5, 5.41) is 12.7. The van der Waals surface area contributed by atoms with Gasteiger partial charge in [0.05, 0.1) is 10.6 Å². The summed E-state index contributed by atoms with van der Waals surface area (Å²) in [4.78, 5) is 27.0. The van der Waals surface area contributed by atoms with Crippen molar-refractivity contribution in [2.45, 2.75) is 19.8 Å². The molecule has 31 heavy (non-hydrogen) atoms. The molecule has 0 aromatic carbocycles. The monoisotopic (exact) mass is 481 g/mol. The van der Waals surface area contributed by atoms with Gasteiger partial charge in [0.25, 0.3) is 0 Å². The molecule has 3 aromatic rings. The number of hydrogen-bond acceptors (Lipinski definition) is 7. The predicted molar refractivity (Wildman–Crippen MR) is 131 cm³/mol. The van der Waals surface area contributed by atoms with Gasteiger partial charge in [-0.15, -0.1) is 24.8 Å². The fourth-order valence-corrected chi connectivity index (χ4v) is 3.54. The number of carboxylic acids is 1. The van der Waals surface area contributed by atoms with Crippen molar-refractivity contribution in [1.82, 2.24) is 15.0 Å². The summed E-state index contributed by atoms with van der Waals surface area (Å²) in [5.41, 5.74) is 1.98. The van der Waals surface area contributed by atoms with Crippen molar-refractivity contribution in [3.05, 3.63) is 60.4 Å². The Kier molecular flexibility index (Phi) is 11.0. The van der Waals surface area contributed by atoms with Crippen molar-refractivity contribution >= 4 is 58.9 Å². The van der Waals surface area contributed by atoms with Crippen LogP contribution < -0.4 is 10.2 Å². The first-order chi connectivity index (χ1) is 14.0. The number of hydrogen-bond donors (Lipinski definition) is 2. The number of halogens is 2. The zero-order valence-corrected chi connectivity index (χ0v) is 19.6. The highest BCUT2D eigenvalue weighted by atomic mass is 35.5. The van der Waals surface area contributed by atoms with Crippen molar-refractivity contribution in [1.29, 1.82) is 0 Å². The minimum atomic E-state index is -0.912. The van der Waals surface area contributed by atoms with E-state index < -0.39 is 5.97 Å². The van der Waals surface area contributed by atoms with Crippen LogP contribution in [0.15, 0.2) is 54.9 Å². The minimum absolute atomic E-state index is 0. The number of nitrogens with zero attached hydrogens (tertiary/aromatic N) is 4. The van der Waals surface area contributed by atoms with E-state index in [4.69, 9.17) is 5.11 Å². The van der Waals surface area contributed by atoms with Gasteiger partial charge >= 0.3 is 5.97 Å². The number of rotatable bonds is 9. The number of aryl methyl sites for hydroxylation is 1. The zero-order valence-electron chi connectivity index (χ0n) is 17.2. The number of unbranched alkanes of at least 4 members (excludes halogenated alkanes) is 1. The molecule has 2 N–H and O–H groups in total. The number of pyridine rings is 2. The highest BCUT2D eigenvalue weighted by Crippen LogP contribution is 2.30. The second-order valence-electron chi connectivity index (χ2n) is 6.56. The summed E-state index contributed by atoms with van der Waals surface area (Å²) in [5.74, 6) is 0.579. The summed E-state index contributed by atoms with van der Waals surface area (Å²) in [6, 6.07) is 9.75. The Morgan fingerprint density at radius 2 is 2.03 bits per heavy atom. The number of aliphatic carboxylic acids is 1. The quantitative estimate of drug-likeness (QED) is 0.314. The SMILES string of the molecule is Cc1ccnc(Nc2cccc(-c3cnc(N(C)CCC/C=C/C(=O)O)s3)n2)c1.Cl.Cl. The third-order valence-corrected chi connectivity index (χ3v) is 5.25. The van der Waals surface area contributed by atoms with Crippen LogP contribution in [0.2, 0.25) is 0 Å². The average Bonchev–Trinajstić information content (AvgIpc) is 3.18. The van der Waals surface area contributed by atoms with E-state index in [1.165, 1.54) is 6.08 Å². The van der Waals surface area contributed by atoms with E-state index in [0.29, 0.717) is 0 Å². The third-order valence-electron chi connectivity index (χ3n) is 4.12. The van der Waals surface area contributed by atoms with Crippen LogP contribution in [0, 0.1) is 6.92 Å². The molecule has 3 rings (SSSR count). The van der Waals surface area contributed by atoms with Crippen LogP contribution >= 0.6 is 36.2 Å². The molecule has 0 aliphatic heterocycles. The summed E-state index contributed by atoms with van der Waals surface area (Å²) in [7, 11) is 1.98. The predicted octanol–water partition coefficient (Wildman–Crippen LogP) is 5.35. The molecule has 0 aliphatic rings. The van der Waals surface area contributed by atoms with Gasteiger partial charge in [-0.2, -0.15) is 0 Å². The molecule has 0 amide bonds. The number of allylic oxidation sites excluding steroid dienone is 1. The third kappa shape index (κ3) is 8.16.